The van der Waals surface area contributed by atoms with Gasteiger partial charge in [-0.2, -0.15) is 0 Å². The summed E-state index contributed by atoms with van der Waals surface area (Å²) in [4.78, 5) is 17.1. The fourth-order valence-electron chi connectivity index (χ4n) is 2.42. The molecule has 0 aliphatic heterocycles. The Balaban J connectivity index is 2.06. The summed E-state index contributed by atoms with van der Waals surface area (Å²) < 4.78 is 6.93. The first kappa shape index (κ1) is 16.9. The summed E-state index contributed by atoms with van der Waals surface area (Å²) in [7, 11) is 1.55. The fraction of sp³-hybridized carbons (Fsp3) is 0.125. The van der Waals surface area contributed by atoms with E-state index in [0.29, 0.717) is 33.5 Å². The molecule has 3 rings (SSSR count). The molecule has 0 saturated heterocycles. The number of carbonyl (C=O) groups excluding carboxylic acids is 1. The summed E-state index contributed by atoms with van der Waals surface area (Å²) in [5.41, 5.74) is 1.77. The van der Waals surface area contributed by atoms with Crippen LogP contribution in [0.5, 0.6) is 5.75 Å². The van der Waals surface area contributed by atoms with E-state index in [-0.39, 0.29) is 16.0 Å². The van der Waals surface area contributed by atoms with Gasteiger partial charge < -0.3 is 10.1 Å². The number of pyridine rings is 1. The smallest absolute Gasteiger partial charge is 0.274 e. The lowest BCUT2D eigenvalue weighted by Crippen LogP contribution is -2.16. The van der Waals surface area contributed by atoms with Crippen LogP contribution in [0.4, 0.5) is 5.69 Å². The number of carbonyl (C=O) groups is 1. The molecule has 0 aliphatic rings. The fourth-order valence-corrected chi connectivity index (χ4v) is 3.33. The van der Waals surface area contributed by atoms with Gasteiger partial charge in [-0.05, 0) is 31.2 Å². The quantitative estimate of drug-likeness (QED) is 0.701. The Morgan fingerprint density at radius 2 is 1.92 bits per heavy atom. The van der Waals surface area contributed by atoms with Crippen LogP contribution in [0.25, 0.3) is 5.65 Å². The van der Waals surface area contributed by atoms with Crippen molar-refractivity contribution in [3.8, 4) is 5.75 Å². The van der Waals surface area contributed by atoms with Gasteiger partial charge in [0.1, 0.15) is 5.69 Å². The number of fused-ring (bicyclic) bond motifs is 1. The predicted molar refractivity (Wildman–Crippen MR) is 95.9 cm³/mol. The van der Waals surface area contributed by atoms with Gasteiger partial charge in [0.05, 0.1) is 28.5 Å². The molecule has 1 aromatic carbocycles. The molecule has 2 heterocycles. The Kier molecular flexibility index (Phi) is 4.58. The van der Waals surface area contributed by atoms with Crippen molar-refractivity contribution >= 4 is 52.0 Å². The Morgan fingerprint density at radius 3 is 2.54 bits per heavy atom. The maximum absolute atomic E-state index is 12.7. The second-order valence-corrected chi connectivity index (χ2v) is 6.27. The van der Waals surface area contributed by atoms with Gasteiger partial charge in [-0.15, -0.1) is 0 Å². The van der Waals surface area contributed by atoms with Gasteiger partial charge in [0.15, 0.2) is 11.4 Å². The third-order valence-corrected chi connectivity index (χ3v) is 4.28. The molecule has 0 unspecified atom stereocenters. The van der Waals surface area contributed by atoms with Crippen LogP contribution in [0.2, 0.25) is 15.1 Å². The number of amides is 1. The number of ether oxygens (including phenoxy) is 1. The minimum Gasteiger partial charge on any atom is -0.493 e. The highest BCUT2D eigenvalue weighted by molar-refractivity contribution is 6.42. The second-order valence-electron chi connectivity index (χ2n) is 5.01. The molecule has 1 N–H and O–H groups in total. The molecule has 24 heavy (non-hydrogen) atoms. The molecule has 0 saturated carbocycles. The number of imidazole rings is 1. The number of aromatic nitrogens is 2. The molecule has 1 amide bonds. The molecule has 0 aliphatic carbocycles. The van der Waals surface area contributed by atoms with Crippen molar-refractivity contribution in [3.05, 3.63) is 56.9 Å². The normalized spacial score (nSPS) is 10.9. The first-order chi connectivity index (χ1) is 11.4. The van der Waals surface area contributed by atoms with Crippen molar-refractivity contribution in [1.29, 1.82) is 0 Å². The molecule has 124 valence electrons. The standard InChI is InChI=1S/C16H12Cl3N3O2/c1-8-14(22-5-3-4-12(24-2)15(22)20-8)16(23)21-13-10(18)6-9(17)7-11(13)19/h3-7H,1-2H3,(H,21,23). The topological polar surface area (TPSA) is 55.6 Å². The maximum atomic E-state index is 12.7. The number of hydrogen-bond donors (Lipinski definition) is 1. The van der Waals surface area contributed by atoms with Crippen LogP contribution in [-0.4, -0.2) is 22.4 Å². The van der Waals surface area contributed by atoms with Crippen LogP contribution in [0.3, 0.4) is 0 Å². The molecular formula is C16H12Cl3N3O2. The summed E-state index contributed by atoms with van der Waals surface area (Å²) in [6, 6.07) is 6.56. The zero-order valence-corrected chi connectivity index (χ0v) is 15.0. The average Bonchev–Trinajstić information content (AvgIpc) is 2.86. The highest BCUT2D eigenvalue weighted by Crippen LogP contribution is 2.34. The highest BCUT2D eigenvalue weighted by atomic mass is 35.5. The van der Waals surface area contributed by atoms with Crippen molar-refractivity contribution in [2.24, 2.45) is 0 Å². The van der Waals surface area contributed by atoms with Crippen LogP contribution in [0, 0.1) is 6.92 Å². The van der Waals surface area contributed by atoms with Gasteiger partial charge >= 0.3 is 0 Å². The zero-order valence-electron chi connectivity index (χ0n) is 12.7. The summed E-state index contributed by atoms with van der Waals surface area (Å²) in [5, 5.41) is 3.61. The summed E-state index contributed by atoms with van der Waals surface area (Å²) >= 11 is 18.1. The monoisotopic (exact) mass is 383 g/mol. The molecule has 8 heteroatoms. The second kappa shape index (κ2) is 6.51. The predicted octanol–water partition coefficient (Wildman–Crippen LogP) is 4.86. The van der Waals surface area contributed by atoms with E-state index in [0.717, 1.165) is 0 Å². The molecule has 0 spiro atoms. The SMILES string of the molecule is COc1cccn2c(C(=O)Nc3c(Cl)cc(Cl)cc3Cl)c(C)nc12. The molecule has 0 radical (unpaired) electrons. The van der Waals surface area contributed by atoms with Gasteiger partial charge in [-0.3, -0.25) is 9.20 Å². The zero-order chi connectivity index (χ0) is 17.4. The number of nitrogens with zero attached hydrogens (tertiary/aromatic N) is 2. The Bertz CT molecular complexity index is 930. The van der Waals surface area contributed by atoms with Gasteiger partial charge in [-0.25, -0.2) is 4.98 Å². The molecule has 5 nitrogen and oxygen atoms in total. The van der Waals surface area contributed by atoms with Crippen LogP contribution in [0.15, 0.2) is 30.5 Å². The van der Waals surface area contributed by atoms with E-state index in [4.69, 9.17) is 39.5 Å². The Hall–Kier alpha value is -1.95. The largest absolute Gasteiger partial charge is 0.493 e. The molecule has 0 bridgehead atoms. The number of aryl methyl sites for hydroxylation is 1. The van der Waals surface area contributed by atoms with Crippen molar-refractivity contribution in [2.45, 2.75) is 6.92 Å². The van der Waals surface area contributed by atoms with E-state index in [1.165, 1.54) is 12.1 Å². The van der Waals surface area contributed by atoms with Crippen LogP contribution in [-0.2, 0) is 0 Å². The molecule has 3 aromatic rings. The number of methoxy groups -OCH3 is 1. The number of hydrogen-bond acceptors (Lipinski definition) is 3. The molecular weight excluding hydrogens is 373 g/mol. The van der Waals surface area contributed by atoms with Gasteiger partial charge in [0, 0.05) is 11.2 Å². The van der Waals surface area contributed by atoms with Gasteiger partial charge in [0.25, 0.3) is 5.91 Å². The Morgan fingerprint density at radius 1 is 1.25 bits per heavy atom. The number of benzene rings is 1. The van der Waals surface area contributed by atoms with E-state index >= 15 is 0 Å². The van der Waals surface area contributed by atoms with Gasteiger partial charge in [0.2, 0.25) is 0 Å². The van der Waals surface area contributed by atoms with Crippen LogP contribution in [0.1, 0.15) is 16.2 Å². The van der Waals surface area contributed by atoms with Crippen molar-refractivity contribution in [3.63, 3.8) is 0 Å². The average molecular weight is 385 g/mol. The van der Waals surface area contributed by atoms with Crippen molar-refractivity contribution < 1.29 is 9.53 Å². The number of rotatable bonds is 3. The maximum Gasteiger partial charge on any atom is 0.274 e. The first-order valence-corrected chi connectivity index (χ1v) is 8.03. The van der Waals surface area contributed by atoms with Crippen LogP contribution < -0.4 is 10.1 Å². The van der Waals surface area contributed by atoms with Crippen molar-refractivity contribution in [1.82, 2.24) is 9.38 Å². The van der Waals surface area contributed by atoms with Crippen molar-refractivity contribution in [2.75, 3.05) is 12.4 Å². The third kappa shape index (κ3) is 2.90. The minimum atomic E-state index is -0.389. The number of halogens is 3. The number of anilines is 1. The van der Waals surface area contributed by atoms with Crippen LogP contribution >= 0.6 is 34.8 Å². The van der Waals surface area contributed by atoms with E-state index in [1.807, 2.05) is 0 Å². The highest BCUT2D eigenvalue weighted by Gasteiger charge is 2.20. The Labute approximate surface area is 153 Å². The van der Waals surface area contributed by atoms with Gasteiger partial charge in [-0.1, -0.05) is 34.8 Å². The molecule has 0 fully saturated rings. The van der Waals surface area contributed by atoms with E-state index in [9.17, 15) is 4.79 Å². The first-order valence-electron chi connectivity index (χ1n) is 6.90. The molecule has 0 atom stereocenters. The summed E-state index contributed by atoms with van der Waals surface area (Å²) in [5.74, 6) is 0.182. The summed E-state index contributed by atoms with van der Waals surface area (Å²) in [6.45, 7) is 1.74. The third-order valence-electron chi connectivity index (χ3n) is 3.47. The van der Waals surface area contributed by atoms with E-state index in [2.05, 4.69) is 10.3 Å². The molecule has 2 aromatic heterocycles. The lowest BCUT2D eigenvalue weighted by atomic mass is 10.2. The lowest BCUT2D eigenvalue weighted by molar-refractivity contribution is 0.102. The minimum absolute atomic E-state index is 0.255. The van der Waals surface area contributed by atoms with E-state index < -0.39 is 0 Å². The summed E-state index contributed by atoms with van der Waals surface area (Å²) in [6.07, 6.45) is 1.73. The lowest BCUT2D eigenvalue weighted by Gasteiger charge is -2.10. The number of nitrogens with one attached hydrogen (secondary N) is 1. The van der Waals surface area contributed by atoms with E-state index in [1.54, 1.807) is 36.8 Å².